The lowest BCUT2D eigenvalue weighted by Gasteiger charge is -2.23. The van der Waals surface area contributed by atoms with Gasteiger partial charge in [-0.25, -0.2) is 0 Å². The van der Waals surface area contributed by atoms with Gasteiger partial charge in [0.2, 0.25) is 0 Å². The third-order valence-electron chi connectivity index (χ3n) is 5.44. The number of benzene rings is 2. The van der Waals surface area contributed by atoms with Crippen LogP contribution in [0.4, 0.5) is 0 Å². The topological polar surface area (TPSA) is 132 Å². The van der Waals surface area contributed by atoms with Crippen LogP contribution < -0.4 is 15.8 Å². The number of amidine groups is 1. The van der Waals surface area contributed by atoms with Gasteiger partial charge in [-0.3, -0.25) is 15.0 Å². The normalized spacial score (nSPS) is 12.4. The number of nitrogens with two attached hydrogens (primary N) is 1. The molecule has 0 aliphatic heterocycles. The molecule has 1 unspecified atom stereocenters. The second-order valence-corrected chi connectivity index (χ2v) is 7.73. The van der Waals surface area contributed by atoms with E-state index in [0.29, 0.717) is 22.3 Å². The lowest BCUT2D eigenvalue weighted by atomic mass is 9.92. The summed E-state index contributed by atoms with van der Waals surface area (Å²) in [4.78, 5) is 25.3. The number of hydrogen-bond donors (Lipinski definition) is 3. The van der Waals surface area contributed by atoms with Crippen LogP contribution in [0.3, 0.4) is 0 Å². The zero-order valence-corrected chi connectivity index (χ0v) is 18.4. The molecule has 1 aromatic heterocycles. The number of carbonyl (C=O) groups excluding carboxylic acids is 2. The summed E-state index contributed by atoms with van der Waals surface area (Å²) in [6.45, 7) is 1.75. The molecule has 1 heterocycles. The number of nitrogens with zero attached hydrogens (tertiary/aromatic N) is 1. The van der Waals surface area contributed by atoms with Crippen LogP contribution in [-0.2, 0) is 16.0 Å². The molecule has 3 rings (SSSR count). The minimum Gasteiger partial charge on any atom is -0.619 e. The fraction of sp³-hybridized carbons (Fsp3) is 0.200. The van der Waals surface area contributed by atoms with E-state index in [2.05, 4.69) is 5.32 Å². The number of hydrogen-bond acceptors (Lipinski definition) is 5. The number of carbonyl (C=O) groups is 2. The van der Waals surface area contributed by atoms with E-state index >= 15 is 0 Å². The molecule has 0 aliphatic rings. The molecule has 8 heteroatoms. The number of aromatic nitrogens is 1. The fourth-order valence-corrected chi connectivity index (χ4v) is 3.55. The van der Waals surface area contributed by atoms with E-state index in [1.165, 1.54) is 19.5 Å². The SMILES string of the molecule is COC(=O)C(Cc1cccc(C(=N)N)c1)[C@@H](C)NC(=O)c1ccc(-c2cc[n+]([O-])cc2)cc1. The highest BCUT2D eigenvalue weighted by atomic mass is 16.5. The second kappa shape index (κ2) is 10.4. The number of methoxy groups -OCH3 is 1. The molecule has 0 aliphatic carbocycles. The van der Waals surface area contributed by atoms with E-state index in [9.17, 15) is 14.8 Å². The molecular formula is C25H26N4O4. The van der Waals surface area contributed by atoms with E-state index < -0.39 is 17.9 Å². The summed E-state index contributed by atoms with van der Waals surface area (Å²) in [6, 6.07) is 17.0. The highest BCUT2D eigenvalue weighted by Gasteiger charge is 2.28. The van der Waals surface area contributed by atoms with Gasteiger partial charge in [-0.2, -0.15) is 4.73 Å². The number of pyridine rings is 1. The van der Waals surface area contributed by atoms with Crippen LogP contribution in [0.1, 0.15) is 28.4 Å². The largest absolute Gasteiger partial charge is 0.619 e. The molecule has 8 nitrogen and oxygen atoms in total. The number of rotatable bonds is 8. The lowest BCUT2D eigenvalue weighted by Crippen LogP contribution is -2.42. The Morgan fingerprint density at radius 3 is 2.30 bits per heavy atom. The van der Waals surface area contributed by atoms with Gasteiger partial charge in [0.25, 0.3) is 5.91 Å². The van der Waals surface area contributed by atoms with Crippen LogP contribution >= 0.6 is 0 Å². The van der Waals surface area contributed by atoms with E-state index in [4.69, 9.17) is 15.9 Å². The molecule has 0 radical (unpaired) electrons. The molecule has 33 heavy (non-hydrogen) atoms. The number of nitrogen functional groups attached to an aromatic ring is 1. The molecule has 170 valence electrons. The molecule has 0 bridgehead atoms. The average molecular weight is 447 g/mol. The molecule has 2 aromatic carbocycles. The summed E-state index contributed by atoms with van der Waals surface area (Å²) in [5.41, 5.74) is 9.12. The molecule has 4 N–H and O–H groups in total. The summed E-state index contributed by atoms with van der Waals surface area (Å²) >= 11 is 0. The average Bonchev–Trinajstić information content (AvgIpc) is 2.82. The number of nitrogens with one attached hydrogen (secondary N) is 2. The quantitative estimate of drug-likeness (QED) is 0.161. The second-order valence-electron chi connectivity index (χ2n) is 7.73. The molecule has 0 saturated carbocycles. The van der Waals surface area contributed by atoms with Crippen molar-refractivity contribution in [3.05, 3.63) is 95.0 Å². The maximum atomic E-state index is 12.8. The van der Waals surface area contributed by atoms with E-state index in [-0.39, 0.29) is 11.7 Å². The minimum absolute atomic E-state index is 0.0565. The van der Waals surface area contributed by atoms with Gasteiger partial charge in [-0.05, 0) is 48.2 Å². The van der Waals surface area contributed by atoms with E-state index in [1.54, 1.807) is 61.5 Å². The molecule has 1 amide bonds. The number of ether oxygens (including phenoxy) is 1. The first kappa shape index (κ1) is 23.5. The Morgan fingerprint density at radius 2 is 1.70 bits per heavy atom. The monoisotopic (exact) mass is 446 g/mol. The Bertz CT molecular complexity index is 1140. The summed E-state index contributed by atoms with van der Waals surface area (Å²) in [6.07, 6.45) is 3.15. The Balaban J connectivity index is 1.72. The molecule has 0 saturated heterocycles. The van der Waals surface area contributed by atoms with Crippen LogP contribution in [-0.4, -0.2) is 30.9 Å². The molecular weight excluding hydrogens is 420 g/mol. The lowest BCUT2D eigenvalue weighted by molar-refractivity contribution is -0.605. The first-order chi connectivity index (χ1) is 15.8. The molecule has 3 aromatic rings. The predicted molar refractivity (Wildman–Crippen MR) is 124 cm³/mol. The highest BCUT2D eigenvalue weighted by Crippen LogP contribution is 2.20. The first-order valence-corrected chi connectivity index (χ1v) is 10.4. The van der Waals surface area contributed by atoms with Crippen molar-refractivity contribution in [2.45, 2.75) is 19.4 Å². The fourth-order valence-electron chi connectivity index (χ4n) is 3.55. The smallest absolute Gasteiger partial charge is 0.311 e. The minimum atomic E-state index is -0.622. The summed E-state index contributed by atoms with van der Waals surface area (Å²) < 4.78 is 5.67. The Hall–Kier alpha value is -4.20. The maximum absolute atomic E-state index is 12.8. The summed E-state index contributed by atoms with van der Waals surface area (Å²) in [5.74, 6) is -1.43. The van der Waals surface area contributed by atoms with Gasteiger partial charge in [-0.15, -0.1) is 0 Å². The Kier molecular flexibility index (Phi) is 7.40. The molecule has 0 spiro atoms. The van der Waals surface area contributed by atoms with Gasteiger partial charge in [0.15, 0.2) is 12.4 Å². The van der Waals surface area contributed by atoms with E-state index in [1.807, 2.05) is 6.07 Å². The maximum Gasteiger partial charge on any atom is 0.311 e. The standard InChI is InChI=1S/C25H26N4O4/c1-16(22(25(31)33-2)15-17-4-3-5-21(14-17)23(26)27)28-24(30)20-8-6-18(7-9-20)19-10-12-29(32)13-11-19/h3-14,16,22H,15H2,1-2H3,(H3,26,27)(H,28,30)/t16-,22?/m1/s1. The van der Waals surface area contributed by atoms with Gasteiger partial charge < -0.3 is 21.0 Å². The van der Waals surface area contributed by atoms with Crippen LogP contribution in [0, 0.1) is 16.5 Å². The predicted octanol–water partition coefficient (Wildman–Crippen LogP) is 2.42. The van der Waals surface area contributed by atoms with Crippen molar-refractivity contribution in [1.82, 2.24) is 5.32 Å². The Labute approximate surface area is 192 Å². The third kappa shape index (κ3) is 5.94. The van der Waals surface area contributed by atoms with Crippen molar-refractivity contribution >= 4 is 17.7 Å². The van der Waals surface area contributed by atoms with Crippen LogP contribution in [0.5, 0.6) is 0 Å². The van der Waals surface area contributed by atoms with Crippen LogP contribution in [0.15, 0.2) is 73.1 Å². The molecule has 2 atom stereocenters. The zero-order chi connectivity index (χ0) is 24.0. The summed E-state index contributed by atoms with van der Waals surface area (Å²) in [5, 5.41) is 21.7. The van der Waals surface area contributed by atoms with Gasteiger partial charge >= 0.3 is 5.97 Å². The van der Waals surface area contributed by atoms with Crippen molar-refractivity contribution in [3.8, 4) is 11.1 Å². The van der Waals surface area contributed by atoms with Gasteiger partial charge in [0, 0.05) is 29.3 Å². The van der Waals surface area contributed by atoms with Crippen molar-refractivity contribution in [3.63, 3.8) is 0 Å². The zero-order valence-electron chi connectivity index (χ0n) is 18.4. The Morgan fingerprint density at radius 1 is 1.06 bits per heavy atom. The van der Waals surface area contributed by atoms with E-state index in [0.717, 1.165) is 16.7 Å². The van der Waals surface area contributed by atoms with Crippen LogP contribution in [0.2, 0.25) is 0 Å². The number of amides is 1. The summed E-state index contributed by atoms with van der Waals surface area (Å²) in [7, 11) is 1.31. The van der Waals surface area contributed by atoms with Crippen molar-refractivity contribution < 1.29 is 19.1 Å². The highest BCUT2D eigenvalue weighted by molar-refractivity contribution is 5.95. The first-order valence-electron chi connectivity index (χ1n) is 10.4. The molecule has 0 fully saturated rings. The van der Waals surface area contributed by atoms with Gasteiger partial charge in [0.05, 0.1) is 13.0 Å². The van der Waals surface area contributed by atoms with Crippen molar-refractivity contribution in [1.29, 1.82) is 5.41 Å². The van der Waals surface area contributed by atoms with Gasteiger partial charge in [-0.1, -0.05) is 30.3 Å². The van der Waals surface area contributed by atoms with Crippen molar-refractivity contribution in [2.24, 2.45) is 11.7 Å². The van der Waals surface area contributed by atoms with Crippen molar-refractivity contribution in [2.75, 3.05) is 7.11 Å². The van der Waals surface area contributed by atoms with Gasteiger partial charge in [0.1, 0.15) is 5.84 Å². The van der Waals surface area contributed by atoms with Crippen LogP contribution in [0.25, 0.3) is 11.1 Å². The third-order valence-corrected chi connectivity index (χ3v) is 5.44. The number of esters is 1.